The number of hydrogen-bond acceptors (Lipinski definition) is 2. The third-order valence-corrected chi connectivity index (χ3v) is 4.55. The van der Waals surface area contributed by atoms with Crippen molar-refractivity contribution in [2.24, 2.45) is 5.92 Å². The van der Waals surface area contributed by atoms with Crippen LogP contribution in [0.1, 0.15) is 44.6 Å². The van der Waals surface area contributed by atoms with Crippen molar-refractivity contribution in [3.05, 3.63) is 42.1 Å². The Hall–Kier alpha value is -1.41. The Balaban J connectivity index is 1.98. The highest BCUT2D eigenvalue weighted by molar-refractivity contribution is 5.79. The van der Waals surface area contributed by atoms with Gasteiger partial charge in [0, 0.05) is 11.6 Å². The summed E-state index contributed by atoms with van der Waals surface area (Å²) in [4.78, 5) is 4.40. The number of rotatable bonds is 2. The molecule has 2 aromatic rings. The molecule has 0 spiro atoms. The lowest BCUT2D eigenvalue weighted by Crippen LogP contribution is -2.32. The molecule has 19 heavy (non-hydrogen) atoms. The smallest absolute Gasteiger partial charge is 0.0900 e. The van der Waals surface area contributed by atoms with Crippen molar-refractivity contribution < 1.29 is 5.11 Å². The Bertz CT molecular complexity index is 580. The van der Waals surface area contributed by atoms with E-state index in [0.717, 1.165) is 42.1 Å². The van der Waals surface area contributed by atoms with Crippen LogP contribution in [0.3, 0.4) is 0 Å². The normalized spacial score (nSPS) is 27.6. The zero-order chi connectivity index (χ0) is 13.3. The van der Waals surface area contributed by atoms with Crippen LogP contribution in [0.5, 0.6) is 0 Å². The molecule has 2 heteroatoms. The lowest BCUT2D eigenvalue weighted by molar-refractivity contribution is -0.0216. The highest BCUT2D eigenvalue weighted by Crippen LogP contribution is 2.41. The minimum Gasteiger partial charge on any atom is -0.385 e. The molecule has 0 amide bonds. The van der Waals surface area contributed by atoms with Gasteiger partial charge in [-0.2, -0.15) is 0 Å². The van der Waals surface area contributed by atoms with Crippen LogP contribution < -0.4 is 0 Å². The maximum absolute atomic E-state index is 11.0. The largest absolute Gasteiger partial charge is 0.385 e. The summed E-state index contributed by atoms with van der Waals surface area (Å²) >= 11 is 0. The fourth-order valence-electron chi connectivity index (χ4n) is 3.33. The summed E-state index contributed by atoms with van der Waals surface area (Å²) in [6.07, 6.45) is 7.11. The molecular weight excluding hydrogens is 234 g/mol. The summed E-state index contributed by atoms with van der Waals surface area (Å²) in [5.74, 6) is 0.651. The Morgan fingerprint density at radius 1 is 1.37 bits per heavy atom. The van der Waals surface area contributed by atoms with Crippen molar-refractivity contribution in [1.82, 2.24) is 4.98 Å². The second-order valence-corrected chi connectivity index (χ2v) is 5.81. The number of fused-ring (bicyclic) bond motifs is 1. The van der Waals surface area contributed by atoms with Gasteiger partial charge in [0.1, 0.15) is 0 Å². The van der Waals surface area contributed by atoms with E-state index in [1.165, 1.54) is 6.42 Å². The quantitative estimate of drug-likeness (QED) is 0.879. The molecule has 0 bridgehead atoms. The molecule has 0 saturated heterocycles. The first-order valence-electron chi connectivity index (χ1n) is 7.29. The predicted molar refractivity (Wildman–Crippen MR) is 77.9 cm³/mol. The van der Waals surface area contributed by atoms with E-state index in [4.69, 9.17) is 0 Å². The second-order valence-electron chi connectivity index (χ2n) is 5.81. The maximum Gasteiger partial charge on any atom is 0.0900 e. The first-order chi connectivity index (χ1) is 9.21. The van der Waals surface area contributed by atoms with E-state index in [1.54, 1.807) is 0 Å². The van der Waals surface area contributed by atoms with Crippen LogP contribution in [0.2, 0.25) is 0 Å². The van der Waals surface area contributed by atoms with Crippen molar-refractivity contribution in [1.29, 1.82) is 0 Å². The number of aliphatic hydroxyl groups is 1. The minimum absolute atomic E-state index is 0.648. The molecule has 1 N–H and O–H groups in total. The van der Waals surface area contributed by atoms with Crippen molar-refractivity contribution in [2.75, 3.05) is 0 Å². The highest BCUT2D eigenvalue weighted by Gasteiger charge is 2.35. The number of nitrogens with zero attached hydrogens (tertiary/aromatic N) is 1. The van der Waals surface area contributed by atoms with Gasteiger partial charge in [-0.3, -0.25) is 4.98 Å². The molecule has 100 valence electrons. The van der Waals surface area contributed by atoms with Gasteiger partial charge in [-0.05, 0) is 42.9 Å². The summed E-state index contributed by atoms with van der Waals surface area (Å²) in [7, 11) is 0. The van der Waals surface area contributed by atoms with E-state index in [0.29, 0.717) is 5.92 Å². The molecule has 1 heterocycles. The lowest BCUT2D eigenvalue weighted by Gasteiger charge is -2.37. The van der Waals surface area contributed by atoms with E-state index in [2.05, 4.69) is 36.2 Å². The summed E-state index contributed by atoms with van der Waals surface area (Å²) in [5.41, 5.74) is 1.37. The third-order valence-electron chi connectivity index (χ3n) is 4.55. The summed E-state index contributed by atoms with van der Waals surface area (Å²) in [5, 5.41) is 12.1. The van der Waals surface area contributed by atoms with Gasteiger partial charge in [0.2, 0.25) is 0 Å². The number of hydrogen-bond donors (Lipinski definition) is 1. The summed E-state index contributed by atoms with van der Waals surface area (Å²) in [6.45, 7) is 2.22. The summed E-state index contributed by atoms with van der Waals surface area (Å²) in [6, 6.07) is 10.2. The van der Waals surface area contributed by atoms with Crippen molar-refractivity contribution >= 4 is 10.9 Å². The van der Waals surface area contributed by atoms with Gasteiger partial charge in [-0.15, -0.1) is 0 Å². The van der Waals surface area contributed by atoms with Gasteiger partial charge >= 0.3 is 0 Å². The van der Waals surface area contributed by atoms with Crippen LogP contribution >= 0.6 is 0 Å². The molecule has 2 atom stereocenters. The Labute approximate surface area is 114 Å². The molecule has 2 nitrogen and oxygen atoms in total. The van der Waals surface area contributed by atoms with Crippen LogP contribution in [0.25, 0.3) is 10.9 Å². The van der Waals surface area contributed by atoms with Crippen LogP contribution in [-0.2, 0) is 5.60 Å². The monoisotopic (exact) mass is 255 g/mol. The number of pyridine rings is 1. The fourth-order valence-corrected chi connectivity index (χ4v) is 3.33. The SMILES string of the molecule is CCC1CCCC(O)(c2ccc3cccnc3c2)C1. The zero-order valence-electron chi connectivity index (χ0n) is 11.5. The van der Waals surface area contributed by atoms with Crippen molar-refractivity contribution in [3.63, 3.8) is 0 Å². The third kappa shape index (κ3) is 2.37. The molecule has 1 fully saturated rings. The lowest BCUT2D eigenvalue weighted by atomic mass is 9.73. The molecule has 2 unspecified atom stereocenters. The van der Waals surface area contributed by atoms with Crippen LogP contribution in [0.4, 0.5) is 0 Å². The first kappa shape index (κ1) is 12.6. The standard InChI is InChI=1S/C17H21NO/c1-2-13-5-3-9-17(19,12-13)15-8-7-14-6-4-10-18-16(14)11-15/h4,6-8,10-11,13,19H,2-3,5,9,12H2,1H3. The Morgan fingerprint density at radius 3 is 3.11 bits per heavy atom. The molecule has 0 radical (unpaired) electrons. The van der Waals surface area contributed by atoms with E-state index in [9.17, 15) is 5.11 Å². The van der Waals surface area contributed by atoms with E-state index in [1.807, 2.05) is 12.3 Å². The van der Waals surface area contributed by atoms with Gasteiger partial charge in [-0.1, -0.05) is 38.0 Å². The first-order valence-corrected chi connectivity index (χ1v) is 7.29. The Morgan fingerprint density at radius 2 is 2.26 bits per heavy atom. The maximum atomic E-state index is 11.0. The Kier molecular flexibility index (Phi) is 3.28. The van der Waals surface area contributed by atoms with Gasteiger partial charge < -0.3 is 5.11 Å². The molecule has 1 aliphatic rings. The summed E-state index contributed by atoms with van der Waals surface area (Å²) < 4.78 is 0. The predicted octanol–water partition coefficient (Wildman–Crippen LogP) is 4.02. The highest BCUT2D eigenvalue weighted by atomic mass is 16.3. The molecule has 3 rings (SSSR count). The van der Waals surface area contributed by atoms with E-state index >= 15 is 0 Å². The molecule has 1 aromatic heterocycles. The van der Waals surface area contributed by atoms with Gasteiger partial charge in [0.25, 0.3) is 0 Å². The number of aromatic nitrogens is 1. The molecule has 1 aromatic carbocycles. The topological polar surface area (TPSA) is 33.1 Å². The van der Waals surface area contributed by atoms with Crippen LogP contribution in [-0.4, -0.2) is 10.1 Å². The number of benzene rings is 1. The van der Waals surface area contributed by atoms with E-state index in [-0.39, 0.29) is 0 Å². The molecule has 1 aliphatic carbocycles. The zero-order valence-corrected chi connectivity index (χ0v) is 11.5. The molecule has 1 saturated carbocycles. The van der Waals surface area contributed by atoms with Gasteiger partial charge in [0.05, 0.1) is 11.1 Å². The van der Waals surface area contributed by atoms with Gasteiger partial charge in [-0.25, -0.2) is 0 Å². The minimum atomic E-state index is -0.648. The van der Waals surface area contributed by atoms with Crippen LogP contribution in [0, 0.1) is 5.92 Å². The fraction of sp³-hybridized carbons (Fsp3) is 0.471. The van der Waals surface area contributed by atoms with Crippen LogP contribution in [0.15, 0.2) is 36.5 Å². The van der Waals surface area contributed by atoms with E-state index < -0.39 is 5.60 Å². The van der Waals surface area contributed by atoms with Crippen molar-refractivity contribution in [3.8, 4) is 0 Å². The average Bonchev–Trinajstić information content (AvgIpc) is 2.46. The average molecular weight is 255 g/mol. The van der Waals surface area contributed by atoms with Crippen molar-refractivity contribution in [2.45, 2.75) is 44.6 Å². The van der Waals surface area contributed by atoms with Gasteiger partial charge in [0.15, 0.2) is 0 Å². The molecular formula is C17H21NO. The second kappa shape index (κ2) is 4.93. The molecule has 0 aliphatic heterocycles.